The van der Waals surface area contributed by atoms with Gasteiger partial charge in [0.25, 0.3) is 0 Å². The first-order chi connectivity index (χ1) is 9.63. The molecule has 0 spiro atoms. The molecular weight excluding hydrogens is 294 g/mol. The number of hydrogen-bond acceptors (Lipinski definition) is 4. The van der Waals surface area contributed by atoms with Gasteiger partial charge in [0.15, 0.2) is 0 Å². The molecule has 0 saturated heterocycles. The maximum absolute atomic E-state index is 12.3. The fourth-order valence-electron chi connectivity index (χ4n) is 1.90. The third kappa shape index (κ3) is 4.83. The van der Waals surface area contributed by atoms with E-state index < -0.39 is 27.9 Å². The van der Waals surface area contributed by atoms with E-state index in [0.29, 0.717) is 5.56 Å². The molecule has 5 N–H and O–H groups in total. The molecule has 0 saturated carbocycles. The average molecular weight is 313 g/mol. The van der Waals surface area contributed by atoms with Crippen LogP contribution in [0, 0.1) is 13.8 Å². The summed E-state index contributed by atoms with van der Waals surface area (Å²) in [6.07, 6.45) is -0.211. The number of nitrogens with one attached hydrogen (secondary N) is 1. The van der Waals surface area contributed by atoms with Crippen LogP contribution in [0.3, 0.4) is 0 Å². The van der Waals surface area contributed by atoms with Crippen molar-refractivity contribution in [2.45, 2.75) is 37.6 Å². The van der Waals surface area contributed by atoms with Gasteiger partial charge >= 0.3 is 0 Å². The fourth-order valence-corrected chi connectivity index (χ4v) is 3.36. The van der Waals surface area contributed by atoms with Gasteiger partial charge in [0.2, 0.25) is 21.8 Å². The molecule has 0 aliphatic carbocycles. The molecule has 21 heavy (non-hydrogen) atoms. The van der Waals surface area contributed by atoms with Crippen LogP contribution in [0.1, 0.15) is 24.0 Å². The highest BCUT2D eigenvalue weighted by Gasteiger charge is 2.25. The van der Waals surface area contributed by atoms with Gasteiger partial charge in [0.1, 0.15) is 6.04 Å². The Bertz CT molecular complexity index is 655. The number of sulfonamides is 1. The fraction of sp³-hybridized carbons (Fsp3) is 0.385. The molecule has 7 nitrogen and oxygen atoms in total. The van der Waals surface area contributed by atoms with Crippen molar-refractivity contribution in [3.8, 4) is 0 Å². The van der Waals surface area contributed by atoms with Gasteiger partial charge in [0, 0.05) is 6.42 Å². The predicted octanol–water partition coefficient (Wildman–Crippen LogP) is -0.299. The third-order valence-electron chi connectivity index (χ3n) is 2.94. The summed E-state index contributed by atoms with van der Waals surface area (Å²) in [5.74, 6) is -1.49. The highest BCUT2D eigenvalue weighted by molar-refractivity contribution is 7.89. The summed E-state index contributed by atoms with van der Waals surface area (Å²) in [4.78, 5) is 22.1. The maximum atomic E-state index is 12.3. The van der Waals surface area contributed by atoms with Crippen LogP contribution in [0.2, 0.25) is 0 Å². The SMILES string of the molecule is Cc1ccc(S(=O)(=O)N[C@@H](CCC(N)=O)C(N)=O)c(C)c1. The van der Waals surface area contributed by atoms with Gasteiger partial charge in [-0.05, 0) is 31.9 Å². The highest BCUT2D eigenvalue weighted by atomic mass is 32.2. The number of amides is 2. The molecule has 116 valence electrons. The lowest BCUT2D eigenvalue weighted by Gasteiger charge is -2.16. The van der Waals surface area contributed by atoms with Gasteiger partial charge in [-0.1, -0.05) is 17.7 Å². The Morgan fingerprint density at radius 1 is 1.24 bits per heavy atom. The number of primary amides is 2. The Labute approximate surface area is 123 Å². The molecule has 8 heteroatoms. The summed E-state index contributed by atoms with van der Waals surface area (Å²) in [5.41, 5.74) is 11.6. The van der Waals surface area contributed by atoms with E-state index >= 15 is 0 Å². The van der Waals surface area contributed by atoms with Gasteiger partial charge < -0.3 is 11.5 Å². The van der Waals surface area contributed by atoms with E-state index in [0.717, 1.165) is 5.56 Å². The Balaban J connectivity index is 3.00. The van der Waals surface area contributed by atoms with Crippen LogP contribution in [0.25, 0.3) is 0 Å². The zero-order valence-corrected chi connectivity index (χ0v) is 12.7. The van der Waals surface area contributed by atoms with Gasteiger partial charge in [-0.3, -0.25) is 9.59 Å². The lowest BCUT2D eigenvalue weighted by molar-refractivity contribution is -0.120. The molecular formula is C13H19N3O4S. The molecule has 0 bridgehead atoms. The van der Waals surface area contributed by atoms with Gasteiger partial charge in [-0.15, -0.1) is 0 Å². The summed E-state index contributed by atoms with van der Waals surface area (Å²) >= 11 is 0. The average Bonchev–Trinajstić information content (AvgIpc) is 2.33. The van der Waals surface area contributed by atoms with Crippen molar-refractivity contribution >= 4 is 21.8 Å². The van der Waals surface area contributed by atoms with Crippen molar-refractivity contribution < 1.29 is 18.0 Å². The third-order valence-corrected chi connectivity index (χ3v) is 4.57. The number of rotatable bonds is 7. The van der Waals surface area contributed by atoms with Crippen molar-refractivity contribution in [3.63, 3.8) is 0 Å². The predicted molar refractivity (Wildman–Crippen MR) is 77.6 cm³/mol. The van der Waals surface area contributed by atoms with Gasteiger partial charge in [-0.2, -0.15) is 4.72 Å². The van der Waals surface area contributed by atoms with E-state index in [-0.39, 0.29) is 17.7 Å². The van der Waals surface area contributed by atoms with Gasteiger partial charge in [0.05, 0.1) is 4.90 Å². The molecule has 1 aromatic rings. The lowest BCUT2D eigenvalue weighted by atomic mass is 10.1. The van der Waals surface area contributed by atoms with E-state index in [9.17, 15) is 18.0 Å². The largest absolute Gasteiger partial charge is 0.370 e. The molecule has 0 radical (unpaired) electrons. The smallest absolute Gasteiger partial charge is 0.241 e. The summed E-state index contributed by atoms with van der Waals surface area (Å²) in [5, 5.41) is 0. The number of carbonyl (C=O) groups is 2. The normalized spacial score (nSPS) is 12.9. The molecule has 0 aliphatic heterocycles. The monoisotopic (exact) mass is 313 g/mol. The van der Waals surface area contributed by atoms with Crippen molar-refractivity contribution in [2.75, 3.05) is 0 Å². The minimum atomic E-state index is -3.90. The van der Waals surface area contributed by atoms with Crippen molar-refractivity contribution in [1.29, 1.82) is 0 Å². The molecule has 0 heterocycles. The molecule has 1 rings (SSSR count). The van der Waals surface area contributed by atoms with Crippen LogP contribution in [0.15, 0.2) is 23.1 Å². The van der Waals surface area contributed by atoms with Crippen molar-refractivity contribution in [1.82, 2.24) is 4.72 Å². The molecule has 1 aromatic carbocycles. The minimum Gasteiger partial charge on any atom is -0.370 e. The van der Waals surface area contributed by atoms with Crippen molar-refractivity contribution in [2.24, 2.45) is 11.5 Å². The van der Waals surface area contributed by atoms with Crippen LogP contribution < -0.4 is 16.2 Å². The first-order valence-corrected chi connectivity index (χ1v) is 7.79. The first kappa shape index (κ1) is 17.1. The van der Waals surface area contributed by atoms with Crippen molar-refractivity contribution in [3.05, 3.63) is 29.3 Å². The summed E-state index contributed by atoms with van der Waals surface area (Å²) in [7, 11) is -3.90. The second-order valence-corrected chi connectivity index (χ2v) is 6.53. The molecule has 2 amide bonds. The van der Waals surface area contributed by atoms with Crippen LogP contribution in [-0.4, -0.2) is 26.3 Å². The molecule has 0 aliphatic rings. The standard InChI is InChI=1S/C13H19N3O4S/c1-8-3-5-11(9(2)7-8)21(19,20)16-10(13(15)18)4-6-12(14)17/h3,5,7,10,16H,4,6H2,1-2H3,(H2,14,17)(H2,15,18)/t10-/m0/s1. The number of aryl methyl sites for hydroxylation is 2. The van der Waals surface area contributed by atoms with Gasteiger partial charge in [-0.25, -0.2) is 8.42 Å². The second kappa shape index (κ2) is 6.68. The lowest BCUT2D eigenvalue weighted by Crippen LogP contribution is -2.45. The van der Waals surface area contributed by atoms with E-state index in [2.05, 4.69) is 4.72 Å². The van der Waals surface area contributed by atoms with Crippen LogP contribution in [0.4, 0.5) is 0 Å². The molecule has 0 unspecified atom stereocenters. The molecule has 0 fully saturated rings. The van der Waals surface area contributed by atoms with Crippen LogP contribution in [-0.2, 0) is 19.6 Å². The molecule has 1 atom stereocenters. The van der Waals surface area contributed by atoms with E-state index in [1.165, 1.54) is 6.07 Å². The Morgan fingerprint density at radius 2 is 1.86 bits per heavy atom. The number of benzene rings is 1. The topological polar surface area (TPSA) is 132 Å². The Morgan fingerprint density at radius 3 is 2.33 bits per heavy atom. The highest BCUT2D eigenvalue weighted by Crippen LogP contribution is 2.17. The zero-order valence-electron chi connectivity index (χ0n) is 11.9. The second-order valence-electron chi connectivity index (χ2n) is 4.85. The number of nitrogens with two attached hydrogens (primary N) is 2. The maximum Gasteiger partial charge on any atom is 0.241 e. The number of hydrogen-bond donors (Lipinski definition) is 3. The van der Waals surface area contributed by atoms with Crippen LogP contribution >= 0.6 is 0 Å². The summed E-state index contributed by atoms with van der Waals surface area (Å²) in [6, 6.07) is 3.66. The number of carbonyl (C=O) groups excluding carboxylic acids is 2. The van der Waals surface area contributed by atoms with E-state index in [4.69, 9.17) is 11.5 Å². The van der Waals surface area contributed by atoms with Crippen LogP contribution in [0.5, 0.6) is 0 Å². The zero-order chi connectivity index (χ0) is 16.2. The molecule has 0 aromatic heterocycles. The Kier molecular flexibility index (Phi) is 5.45. The Hall–Kier alpha value is -1.93. The minimum absolute atomic E-state index is 0.0680. The van der Waals surface area contributed by atoms with E-state index in [1.807, 2.05) is 6.92 Å². The first-order valence-electron chi connectivity index (χ1n) is 6.30. The summed E-state index contributed by atoms with van der Waals surface area (Å²) < 4.78 is 26.8. The summed E-state index contributed by atoms with van der Waals surface area (Å²) in [6.45, 7) is 3.50. The quantitative estimate of drug-likeness (QED) is 0.637. The van der Waals surface area contributed by atoms with E-state index in [1.54, 1.807) is 19.1 Å².